The van der Waals surface area contributed by atoms with Crippen LogP contribution in [0.4, 0.5) is 0 Å². The van der Waals surface area contributed by atoms with Gasteiger partial charge in [-0.25, -0.2) is 4.98 Å². The number of imidazole rings is 1. The molecule has 116 valence electrons. The molecule has 0 radical (unpaired) electrons. The lowest BCUT2D eigenvalue weighted by Gasteiger charge is -2.18. The summed E-state index contributed by atoms with van der Waals surface area (Å²) in [6, 6.07) is 18.3. The first kappa shape index (κ1) is 15.3. The second-order valence-corrected chi connectivity index (χ2v) is 5.27. The van der Waals surface area contributed by atoms with Crippen LogP contribution in [0.25, 0.3) is 11.0 Å². The SMILES string of the molecule is C=CCOC(c1ccccc1)c1nc2ccccc2n1CC=C. The highest BCUT2D eigenvalue weighted by atomic mass is 16.5. The van der Waals surface area contributed by atoms with Crippen molar-refractivity contribution in [3.63, 3.8) is 0 Å². The van der Waals surface area contributed by atoms with Gasteiger partial charge in [0.25, 0.3) is 0 Å². The van der Waals surface area contributed by atoms with Crippen molar-refractivity contribution in [3.8, 4) is 0 Å². The van der Waals surface area contributed by atoms with E-state index in [1.54, 1.807) is 6.08 Å². The van der Waals surface area contributed by atoms with E-state index in [1.807, 2.05) is 42.5 Å². The fourth-order valence-electron chi connectivity index (χ4n) is 2.73. The first-order valence-corrected chi connectivity index (χ1v) is 7.68. The van der Waals surface area contributed by atoms with Crippen LogP contribution in [0.15, 0.2) is 79.9 Å². The van der Waals surface area contributed by atoms with Gasteiger partial charge in [0.2, 0.25) is 0 Å². The van der Waals surface area contributed by atoms with Crippen LogP contribution in [-0.2, 0) is 11.3 Å². The third-order valence-electron chi connectivity index (χ3n) is 3.71. The number of nitrogens with zero attached hydrogens (tertiary/aromatic N) is 2. The van der Waals surface area contributed by atoms with Gasteiger partial charge in [-0.15, -0.1) is 13.2 Å². The highest BCUT2D eigenvalue weighted by Gasteiger charge is 2.21. The summed E-state index contributed by atoms with van der Waals surface area (Å²) in [6.07, 6.45) is 3.41. The maximum absolute atomic E-state index is 6.04. The van der Waals surface area contributed by atoms with Crippen molar-refractivity contribution >= 4 is 11.0 Å². The zero-order valence-corrected chi connectivity index (χ0v) is 13.1. The number of benzene rings is 2. The molecule has 2 aromatic carbocycles. The normalized spacial score (nSPS) is 12.2. The lowest BCUT2D eigenvalue weighted by molar-refractivity contribution is 0.0957. The molecule has 0 amide bonds. The summed E-state index contributed by atoms with van der Waals surface area (Å²) in [6.45, 7) is 8.79. The highest BCUT2D eigenvalue weighted by Crippen LogP contribution is 2.28. The molecule has 0 spiro atoms. The molecule has 1 aromatic heterocycles. The summed E-state index contributed by atoms with van der Waals surface area (Å²) in [5, 5.41) is 0. The smallest absolute Gasteiger partial charge is 0.144 e. The highest BCUT2D eigenvalue weighted by molar-refractivity contribution is 5.76. The first-order chi connectivity index (χ1) is 11.3. The molecule has 1 heterocycles. The number of fused-ring (bicyclic) bond motifs is 1. The van der Waals surface area contributed by atoms with E-state index in [4.69, 9.17) is 9.72 Å². The number of aromatic nitrogens is 2. The van der Waals surface area contributed by atoms with Crippen LogP contribution in [0.5, 0.6) is 0 Å². The van der Waals surface area contributed by atoms with Crippen LogP contribution in [0, 0.1) is 0 Å². The largest absolute Gasteiger partial charge is 0.361 e. The molecule has 0 fully saturated rings. The molecule has 1 atom stereocenters. The number of hydrogen-bond acceptors (Lipinski definition) is 2. The van der Waals surface area contributed by atoms with E-state index < -0.39 is 0 Å². The number of hydrogen-bond donors (Lipinski definition) is 0. The number of ether oxygens (including phenoxy) is 1. The Bertz CT molecular complexity index is 805. The molecule has 0 saturated heterocycles. The second-order valence-electron chi connectivity index (χ2n) is 5.27. The number of rotatable bonds is 7. The number of para-hydroxylation sites is 2. The molecule has 0 bridgehead atoms. The van der Waals surface area contributed by atoms with Crippen LogP contribution in [-0.4, -0.2) is 16.2 Å². The zero-order valence-electron chi connectivity index (χ0n) is 13.1. The second kappa shape index (κ2) is 7.07. The maximum atomic E-state index is 6.04. The minimum absolute atomic E-state index is 0.235. The van der Waals surface area contributed by atoms with Crippen LogP contribution in [0.1, 0.15) is 17.5 Å². The van der Waals surface area contributed by atoms with E-state index in [0.717, 1.165) is 22.4 Å². The van der Waals surface area contributed by atoms with Crippen LogP contribution >= 0.6 is 0 Å². The molecule has 3 nitrogen and oxygen atoms in total. The summed E-state index contributed by atoms with van der Waals surface area (Å²) < 4.78 is 8.20. The molecular weight excluding hydrogens is 284 g/mol. The summed E-state index contributed by atoms with van der Waals surface area (Å²) in [5.74, 6) is 0.888. The molecule has 1 unspecified atom stereocenters. The quantitative estimate of drug-likeness (QED) is 0.600. The van der Waals surface area contributed by atoms with Gasteiger partial charge in [0.05, 0.1) is 17.6 Å². The lowest BCUT2D eigenvalue weighted by Crippen LogP contribution is -2.13. The Balaban J connectivity index is 2.14. The summed E-state index contributed by atoms with van der Waals surface area (Å²) in [7, 11) is 0. The lowest BCUT2D eigenvalue weighted by atomic mass is 10.1. The molecule has 23 heavy (non-hydrogen) atoms. The standard InChI is InChI=1S/C20H20N2O/c1-3-14-22-18-13-9-8-12-17(18)21-20(22)19(23-15-4-2)16-10-6-5-7-11-16/h3-13,19H,1-2,14-15H2. The van der Waals surface area contributed by atoms with Gasteiger partial charge < -0.3 is 9.30 Å². The zero-order chi connectivity index (χ0) is 16.1. The Labute approximate surface area is 136 Å². The van der Waals surface area contributed by atoms with Crippen molar-refractivity contribution in [2.24, 2.45) is 0 Å². The van der Waals surface area contributed by atoms with Gasteiger partial charge >= 0.3 is 0 Å². The van der Waals surface area contributed by atoms with E-state index in [1.165, 1.54) is 0 Å². The topological polar surface area (TPSA) is 27.1 Å². The van der Waals surface area contributed by atoms with Gasteiger partial charge in [-0.3, -0.25) is 0 Å². The van der Waals surface area contributed by atoms with E-state index in [-0.39, 0.29) is 6.10 Å². The Morgan fingerprint density at radius 1 is 1.00 bits per heavy atom. The van der Waals surface area contributed by atoms with Gasteiger partial charge in [0, 0.05) is 6.54 Å². The van der Waals surface area contributed by atoms with E-state index in [2.05, 4.69) is 35.9 Å². The minimum atomic E-state index is -0.235. The van der Waals surface area contributed by atoms with E-state index >= 15 is 0 Å². The minimum Gasteiger partial charge on any atom is -0.361 e. The summed E-state index contributed by atoms with van der Waals surface area (Å²) in [4.78, 5) is 4.82. The van der Waals surface area contributed by atoms with Crippen molar-refractivity contribution < 1.29 is 4.74 Å². The van der Waals surface area contributed by atoms with Gasteiger partial charge in [0.1, 0.15) is 11.9 Å². The predicted molar refractivity (Wildman–Crippen MR) is 94.4 cm³/mol. The first-order valence-electron chi connectivity index (χ1n) is 7.68. The van der Waals surface area contributed by atoms with Crippen LogP contribution < -0.4 is 0 Å². The molecule has 3 heteroatoms. The molecule has 0 N–H and O–H groups in total. The monoisotopic (exact) mass is 304 g/mol. The molecule has 0 saturated carbocycles. The molecule has 0 aliphatic rings. The molecule has 0 aliphatic heterocycles. The van der Waals surface area contributed by atoms with Crippen LogP contribution in [0.2, 0.25) is 0 Å². The molecule has 0 aliphatic carbocycles. The van der Waals surface area contributed by atoms with Gasteiger partial charge in [-0.1, -0.05) is 54.6 Å². The Morgan fingerprint density at radius 2 is 1.74 bits per heavy atom. The fraction of sp³-hybridized carbons (Fsp3) is 0.150. The van der Waals surface area contributed by atoms with Crippen LogP contribution in [0.3, 0.4) is 0 Å². The average molecular weight is 304 g/mol. The Morgan fingerprint density at radius 3 is 2.48 bits per heavy atom. The van der Waals surface area contributed by atoms with Gasteiger partial charge in [-0.2, -0.15) is 0 Å². The predicted octanol–water partition coefficient (Wildman–Crippen LogP) is 4.51. The molecule has 3 rings (SSSR count). The van der Waals surface area contributed by atoms with Crippen molar-refractivity contribution in [1.29, 1.82) is 0 Å². The summed E-state index contributed by atoms with van der Waals surface area (Å²) >= 11 is 0. The Hall–Kier alpha value is -2.65. The third-order valence-corrected chi connectivity index (χ3v) is 3.71. The van der Waals surface area contributed by atoms with Gasteiger partial charge in [0.15, 0.2) is 0 Å². The van der Waals surface area contributed by atoms with Crippen molar-refractivity contribution in [1.82, 2.24) is 9.55 Å². The molecule has 3 aromatic rings. The van der Waals surface area contributed by atoms with Crippen molar-refractivity contribution in [3.05, 3.63) is 91.3 Å². The fourth-order valence-corrected chi connectivity index (χ4v) is 2.73. The molecular formula is C20H20N2O. The summed E-state index contributed by atoms with van der Waals surface area (Å²) in [5.41, 5.74) is 3.13. The average Bonchev–Trinajstić information content (AvgIpc) is 2.95. The number of allylic oxidation sites excluding steroid dienone is 1. The maximum Gasteiger partial charge on any atom is 0.144 e. The van der Waals surface area contributed by atoms with Gasteiger partial charge in [-0.05, 0) is 17.7 Å². The third kappa shape index (κ3) is 3.10. The van der Waals surface area contributed by atoms with Crippen molar-refractivity contribution in [2.75, 3.05) is 6.61 Å². The van der Waals surface area contributed by atoms with Crippen molar-refractivity contribution in [2.45, 2.75) is 12.6 Å². The van der Waals surface area contributed by atoms with E-state index in [9.17, 15) is 0 Å². The van der Waals surface area contributed by atoms with E-state index in [0.29, 0.717) is 13.2 Å². The Kier molecular flexibility index (Phi) is 4.69.